The van der Waals surface area contributed by atoms with Crippen LogP contribution in [0.5, 0.6) is 0 Å². The highest BCUT2D eigenvalue weighted by atomic mass is 16.2. The molecule has 3 aliphatic rings. The lowest BCUT2D eigenvalue weighted by atomic mass is 9.67. The zero-order chi connectivity index (χ0) is 19.8. The molecule has 1 saturated heterocycles. The van der Waals surface area contributed by atoms with Crippen molar-refractivity contribution in [3.05, 3.63) is 29.8 Å². The van der Waals surface area contributed by atoms with Crippen LogP contribution in [0.25, 0.3) is 0 Å². The highest BCUT2D eigenvalue weighted by molar-refractivity contribution is 6.09. The molecule has 5 nitrogen and oxygen atoms in total. The van der Waals surface area contributed by atoms with Crippen LogP contribution in [0.3, 0.4) is 0 Å². The zero-order valence-electron chi connectivity index (χ0n) is 17.1. The van der Waals surface area contributed by atoms with Gasteiger partial charge in [-0.05, 0) is 67.6 Å². The highest BCUT2D eigenvalue weighted by Gasteiger charge is 2.43. The Morgan fingerprint density at radius 3 is 2.36 bits per heavy atom. The topological polar surface area (TPSA) is 75.4 Å². The zero-order valence-corrected chi connectivity index (χ0v) is 17.1. The number of amides is 2. The molecule has 4 rings (SSSR count). The van der Waals surface area contributed by atoms with Crippen molar-refractivity contribution in [1.29, 1.82) is 0 Å². The fourth-order valence-electron chi connectivity index (χ4n) is 5.51. The van der Waals surface area contributed by atoms with Gasteiger partial charge in [0.2, 0.25) is 11.8 Å². The Kier molecular flexibility index (Phi) is 5.46. The molecule has 2 saturated carbocycles. The second-order valence-electron chi connectivity index (χ2n) is 9.29. The molecule has 0 radical (unpaired) electrons. The van der Waals surface area contributed by atoms with Crippen LogP contribution >= 0.6 is 0 Å². The molecule has 3 fully saturated rings. The third-order valence-electron chi connectivity index (χ3n) is 7.08. The molecule has 1 aromatic carbocycles. The number of nitrogens with one attached hydrogen (secondary N) is 1. The van der Waals surface area contributed by atoms with E-state index in [9.17, 15) is 9.59 Å². The molecule has 1 aromatic rings. The van der Waals surface area contributed by atoms with E-state index in [0.29, 0.717) is 30.7 Å². The maximum Gasteiger partial charge on any atom is 0.239 e. The van der Waals surface area contributed by atoms with E-state index in [2.05, 4.69) is 31.3 Å². The molecule has 2 amide bonds. The van der Waals surface area contributed by atoms with E-state index < -0.39 is 5.92 Å². The first-order valence-electron chi connectivity index (χ1n) is 10.9. The lowest BCUT2D eigenvalue weighted by molar-refractivity contribution is -0.133. The van der Waals surface area contributed by atoms with Crippen molar-refractivity contribution >= 4 is 17.5 Å². The average molecular weight is 384 g/mol. The van der Waals surface area contributed by atoms with E-state index in [0.717, 1.165) is 31.4 Å². The molecule has 3 N–H and O–H groups in total. The summed E-state index contributed by atoms with van der Waals surface area (Å²) in [4.78, 5) is 27.7. The number of nitrogens with two attached hydrogens (primary N) is 1. The number of anilines is 1. The van der Waals surface area contributed by atoms with Crippen LogP contribution in [0.4, 0.5) is 5.69 Å². The highest BCUT2D eigenvalue weighted by Crippen LogP contribution is 2.40. The van der Waals surface area contributed by atoms with Crippen LogP contribution in [0.2, 0.25) is 0 Å². The summed E-state index contributed by atoms with van der Waals surface area (Å²) in [5.74, 6) is 0.715. The van der Waals surface area contributed by atoms with E-state index >= 15 is 0 Å². The first kappa shape index (κ1) is 19.4. The smallest absolute Gasteiger partial charge is 0.239 e. The second-order valence-corrected chi connectivity index (χ2v) is 9.29. The van der Waals surface area contributed by atoms with Crippen LogP contribution < -0.4 is 16.0 Å². The van der Waals surface area contributed by atoms with Gasteiger partial charge in [-0.25, -0.2) is 0 Å². The Morgan fingerprint density at radius 1 is 1.11 bits per heavy atom. The lowest BCUT2D eigenvalue weighted by Crippen LogP contribution is -2.55. The molecule has 3 unspecified atom stereocenters. The Balaban J connectivity index is 1.41. The summed E-state index contributed by atoms with van der Waals surface area (Å²) in [7, 11) is 0. The van der Waals surface area contributed by atoms with E-state index in [1.807, 2.05) is 12.1 Å². The van der Waals surface area contributed by atoms with Crippen LogP contribution in [-0.2, 0) is 9.59 Å². The number of nitrogens with zero attached hydrogens (tertiary/aromatic N) is 1. The Morgan fingerprint density at radius 2 is 1.75 bits per heavy atom. The Hall–Kier alpha value is -1.88. The number of benzene rings is 1. The average Bonchev–Trinajstić information content (AvgIpc) is 3.04. The molecule has 0 aromatic heterocycles. The molecule has 0 spiro atoms. The van der Waals surface area contributed by atoms with Crippen molar-refractivity contribution in [2.24, 2.45) is 23.5 Å². The summed E-state index contributed by atoms with van der Waals surface area (Å²) < 4.78 is 0. The van der Waals surface area contributed by atoms with Gasteiger partial charge in [-0.3, -0.25) is 9.59 Å². The summed E-state index contributed by atoms with van der Waals surface area (Å²) in [6, 6.07) is 8.62. The molecule has 2 aliphatic carbocycles. The molecule has 28 heavy (non-hydrogen) atoms. The number of fused-ring (bicyclic) bond motifs is 2. The first-order valence-corrected chi connectivity index (χ1v) is 10.9. The van der Waals surface area contributed by atoms with Crippen LogP contribution in [0, 0.1) is 17.8 Å². The number of carbonyl (C=O) groups is 2. The minimum absolute atomic E-state index is 0.0625. The summed E-state index contributed by atoms with van der Waals surface area (Å²) >= 11 is 0. The molecule has 152 valence electrons. The third-order valence-corrected chi connectivity index (χ3v) is 7.08. The third kappa shape index (κ3) is 3.69. The van der Waals surface area contributed by atoms with Crippen molar-refractivity contribution in [1.82, 2.24) is 5.32 Å². The van der Waals surface area contributed by atoms with Gasteiger partial charge in [-0.1, -0.05) is 32.4 Å². The summed E-state index contributed by atoms with van der Waals surface area (Å²) in [5.41, 5.74) is 8.35. The van der Waals surface area contributed by atoms with Gasteiger partial charge in [0.1, 0.15) is 5.92 Å². The number of rotatable bonds is 4. The van der Waals surface area contributed by atoms with Gasteiger partial charge >= 0.3 is 0 Å². The van der Waals surface area contributed by atoms with Crippen molar-refractivity contribution in [2.45, 2.75) is 70.4 Å². The van der Waals surface area contributed by atoms with Gasteiger partial charge in [0, 0.05) is 24.3 Å². The standard InChI is InChI=1S/C23H33N3O2/c1-14(2)15-6-8-19(9-7-15)26-11-10-20(23(26)28)22(27)25-21-16-4-3-5-17(21)13-18(24)12-16/h6-9,14,16-18,20-21H,3-5,10-13,24H2,1-2H3,(H,25,27). The van der Waals surface area contributed by atoms with Gasteiger partial charge in [-0.2, -0.15) is 0 Å². The first-order chi connectivity index (χ1) is 13.4. The second kappa shape index (κ2) is 7.86. The van der Waals surface area contributed by atoms with Crippen molar-refractivity contribution < 1.29 is 9.59 Å². The van der Waals surface area contributed by atoms with Gasteiger partial charge < -0.3 is 16.0 Å². The normalized spacial score (nSPS) is 32.6. The maximum atomic E-state index is 13.0. The van der Waals surface area contributed by atoms with Crippen molar-refractivity contribution in [2.75, 3.05) is 11.4 Å². The summed E-state index contributed by atoms with van der Waals surface area (Å²) in [6.07, 6.45) is 6.10. The van der Waals surface area contributed by atoms with E-state index in [1.165, 1.54) is 12.0 Å². The van der Waals surface area contributed by atoms with Crippen molar-refractivity contribution in [3.63, 3.8) is 0 Å². The predicted molar refractivity (Wildman–Crippen MR) is 111 cm³/mol. The molecule has 2 bridgehead atoms. The van der Waals surface area contributed by atoms with E-state index in [1.54, 1.807) is 4.90 Å². The Labute approximate surface area is 168 Å². The molecule has 1 aliphatic heterocycles. The number of hydrogen-bond donors (Lipinski definition) is 2. The van der Waals surface area contributed by atoms with E-state index in [4.69, 9.17) is 5.73 Å². The monoisotopic (exact) mass is 383 g/mol. The van der Waals surface area contributed by atoms with E-state index in [-0.39, 0.29) is 23.9 Å². The minimum Gasteiger partial charge on any atom is -0.352 e. The quantitative estimate of drug-likeness (QED) is 0.784. The van der Waals surface area contributed by atoms with Crippen LogP contribution in [0.15, 0.2) is 24.3 Å². The SMILES string of the molecule is CC(C)c1ccc(N2CCC(C(=O)NC3C4CCCC3CC(N)C4)C2=O)cc1. The lowest BCUT2D eigenvalue weighted by Gasteiger charge is -2.45. The van der Waals surface area contributed by atoms with Gasteiger partial charge in [0.05, 0.1) is 0 Å². The fourth-order valence-corrected chi connectivity index (χ4v) is 5.51. The van der Waals surface area contributed by atoms with Gasteiger partial charge in [0.25, 0.3) is 0 Å². The fraction of sp³-hybridized carbons (Fsp3) is 0.652. The van der Waals surface area contributed by atoms with Crippen LogP contribution in [0.1, 0.15) is 63.9 Å². The van der Waals surface area contributed by atoms with Gasteiger partial charge in [0.15, 0.2) is 0 Å². The summed E-state index contributed by atoms with van der Waals surface area (Å²) in [6.45, 7) is 4.92. The predicted octanol–water partition coefficient (Wildman–Crippen LogP) is 3.19. The molecule has 3 atom stereocenters. The molecular formula is C23H33N3O2. The summed E-state index contributed by atoms with van der Waals surface area (Å²) in [5, 5.41) is 3.27. The molecule has 1 heterocycles. The van der Waals surface area contributed by atoms with Crippen molar-refractivity contribution in [3.8, 4) is 0 Å². The molecule has 5 heteroatoms. The molecular weight excluding hydrogens is 350 g/mol. The van der Waals surface area contributed by atoms with Gasteiger partial charge in [-0.15, -0.1) is 0 Å². The number of carbonyl (C=O) groups excluding carboxylic acids is 2. The maximum absolute atomic E-state index is 13.0. The largest absolute Gasteiger partial charge is 0.352 e. The number of hydrogen-bond acceptors (Lipinski definition) is 3. The van der Waals surface area contributed by atoms with Crippen LogP contribution in [-0.4, -0.2) is 30.4 Å². The Bertz CT molecular complexity index is 716. The minimum atomic E-state index is -0.555.